The largest absolute Gasteiger partial charge is 0.313 e. The Morgan fingerprint density at radius 2 is 1.88 bits per heavy atom. The summed E-state index contributed by atoms with van der Waals surface area (Å²) in [5.41, 5.74) is 2.31. The lowest BCUT2D eigenvalue weighted by Crippen LogP contribution is -2.38. The third-order valence-electron chi connectivity index (χ3n) is 2.75. The molecule has 0 saturated carbocycles. The SMILES string of the molecule is Cc1cccc(CNC(C)CNC(C)C)c1Cl. The van der Waals surface area contributed by atoms with Crippen molar-refractivity contribution in [2.24, 2.45) is 0 Å². The second kappa shape index (κ2) is 7.00. The van der Waals surface area contributed by atoms with E-state index in [0.29, 0.717) is 12.1 Å². The molecule has 0 saturated heterocycles. The molecule has 0 aliphatic heterocycles. The maximum absolute atomic E-state index is 6.25. The minimum absolute atomic E-state index is 0.439. The summed E-state index contributed by atoms with van der Waals surface area (Å²) in [4.78, 5) is 0. The van der Waals surface area contributed by atoms with Gasteiger partial charge in [0.05, 0.1) is 0 Å². The van der Waals surface area contributed by atoms with Gasteiger partial charge in [-0.15, -0.1) is 0 Å². The van der Waals surface area contributed by atoms with Crippen molar-refractivity contribution in [3.63, 3.8) is 0 Å². The van der Waals surface area contributed by atoms with E-state index in [-0.39, 0.29) is 0 Å². The van der Waals surface area contributed by atoms with Crippen molar-refractivity contribution >= 4 is 11.6 Å². The standard InChI is InChI=1S/C14H23ClN2/c1-10(2)16-8-12(4)17-9-13-7-5-6-11(3)14(13)15/h5-7,10,12,16-17H,8-9H2,1-4H3. The fraction of sp³-hybridized carbons (Fsp3) is 0.571. The lowest BCUT2D eigenvalue weighted by atomic mass is 10.1. The summed E-state index contributed by atoms with van der Waals surface area (Å²) >= 11 is 6.25. The van der Waals surface area contributed by atoms with Gasteiger partial charge in [-0.05, 0) is 25.0 Å². The first-order valence-corrected chi connectivity index (χ1v) is 6.59. The van der Waals surface area contributed by atoms with Gasteiger partial charge in [-0.2, -0.15) is 0 Å². The van der Waals surface area contributed by atoms with E-state index in [2.05, 4.69) is 43.5 Å². The van der Waals surface area contributed by atoms with E-state index < -0.39 is 0 Å². The average Bonchev–Trinajstić information content (AvgIpc) is 2.28. The van der Waals surface area contributed by atoms with Crippen LogP contribution in [0.25, 0.3) is 0 Å². The van der Waals surface area contributed by atoms with Crippen molar-refractivity contribution in [3.05, 3.63) is 34.3 Å². The highest BCUT2D eigenvalue weighted by molar-refractivity contribution is 6.32. The van der Waals surface area contributed by atoms with Gasteiger partial charge in [0.1, 0.15) is 0 Å². The topological polar surface area (TPSA) is 24.1 Å². The van der Waals surface area contributed by atoms with E-state index in [1.165, 1.54) is 5.56 Å². The molecule has 1 unspecified atom stereocenters. The molecule has 1 aromatic rings. The van der Waals surface area contributed by atoms with Crippen LogP contribution in [0.1, 0.15) is 31.9 Å². The van der Waals surface area contributed by atoms with Crippen molar-refractivity contribution in [2.45, 2.75) is 46.3 Å². The molecular formula is C14H23ClN2. The van der Waals surface area contributed by atoms with Crippen molar-refractivity contribution in [1.29, 1.82) is 0 Å². The molecule has 0 aromatic heterocycles. The molecule has 17 heavy (non-hydrogen) atoms. The minimum atomic E-state index is 0.439. The van der Waals surface area contributed by atoms with Gasteiger partial charge >= 0.3 is 0 Å². The summed E-state index contributed by atoms with van der Waals surface area (Å²) in [6, 6.07) is 7.13. The Bertz CT molecular complexity index is 350. The smallest absolute Gasteiger partial charge is 0.0480 e. The third-order valence-corrected chi connectivity index (χ3v) is 3.29. The molecule has 1 aromatic carbocycles. The molecule has 1 rings (SSSR count). The van der Waals surface area contributed by atoms with Gasteiger partial charge in [0, 0.05) is 30.2 Å². The van der Waals surface area contributed by atoms with Crippen LogP contribution in [-0.2, 0) is 6.54 Å². The van der Waals surface area contributed by atoms with Gasteiger partial charge in [0.2, 0.25) is 0 Å². The van der Waals surface area contributed by atoms with E-state index in [1.807, 2.05) is 13.0 Å². The zero-order valence-electron chi connectivity index (χ0n) is 11.2. The molecule has 0 aliphatic rings. The number of hydrogen-bond donors (Lipinski definition) is 2. The summed E-state index contributed by atoms with van der Waals surface area (Å²) in [5, 5.41) is 7.77. The fourth-order valence-electron chi connectivity index (χ4n) is 1.61. The Morgan fingerprint density at radius 1 is 1.18 bits per heavy atom. The van der Waals surface area contributed by atoms with Crippen LogP contribution in [0.15, 0.2) is 18.2 Å². The van der Waals surface area contributed by atoms with Crippen LogP contribution >= 0.6 is 11.6 Å². The van der Waals surface area contributed by atoms with E-state index in [4.69, 9.17) is 11.6 Å². The molecule has 2 nitrogen and oxygen atoms in total. The Balaban J connectivity index is 2.42. The van der Waals surface area contributed by atoms with Crippen LogP contribution in [-0.4, -0.2) is 18.6 Å². The van der Waals surface area contributed by atoms with E-state index in [0.717, 1.165) is 23.7 Å². The van der Waals surface area contributed by atoms with Crippen molar-refractivity contribution in [3.8, 4) is 0 Å². The van der Waals surface area contributed by atoms with E-state index >= 15 is 0 Å². The van der Waals surface area contributed by atoms with Crippen LogP contribution < -0.4 is 10.6 Å². The summed E-state index contributed by atoms with van der Waals surface area (Å²) < 4.78 is 0. The molecule has 1 atom stereocenters. The first-order chi connectivity index (χ1) is 8.00. The Hall–Kier alpha value is -0.570. The summed E-state index contributed by atoms with van der Waals surface area (Å²) in [6.07, 6.45) is 0. The molecular weight excluding hydrogens is 232 g/mol. The number of aryl methyl sites for hydroxylation is 1. The van der Waals surface area contributed by atoms with Gasteiger partial charge in [-0.1, -0.05) is 43.6 Å². The molecule has 0 spiro atoms. The molecule has 0 amide bonds. The van der Waals surface area contributed by atoms with Crippen molar-refractivity contribution in [2.75, 3.05) is 6.54 Å². The Kier molecular flexibility index (Phi) is 5.96. The predicted octanol–water partition coefficient (Wildman–Crippen LogP) is 3.12. The third kappa shape index (κ3) is 5.07. The van der Waals surface area contributed by atoms with E-state index in [1.54, 1.807) is 0 Å². The molecule has 2 N–H and O–H groups in total. The molecule has 0 aliphatic carbocycles. The normalized spacial score (nSPS) is 13.1. The number of rotatable bonds is 6. The Labute approximate surface area is 110 Å². The molecule has 0 heterocycles. The number of benzene rings is 1. The monoisotopic (exact) mass is 254 g/mol. The zero-order chi connectivity index (χ0) is 12.8. The summed E-state index contributed by atoms with van der Waals surface area (Å²) in [5.74, 6) is 0. The second-order valence-electron chi connectivity index (χ2n) is 4.89. The van der Waals surface area contributed by atoms with Crippen molar-refractivity contribution < 1.29 is 0 Å². The second-order valence-corrected chi connectivity index (χ2v) is 5.27. The van der Waals surface area contributed by atoms with Gasteiger partial charge in [0.15, 0.2) is 0 Å². The lowest BCUT2D eigenvalue weighted by Gasteiger charge is -2.17. The highest BCUT2D eigenvalue weighted by Gasteiger charge is 2.05. The van der Waals surface area contributed by atoms with Gasteiger partial charge in [0.25, 0.3) is 0 Å². The van der Waals surface area contributed by atoms with Crippen molar-refractivity contribution in [1.82, 2.24) is 10.6 Å². The summed E-state index contributed by atoms with van der Waals surface area (Å²) in [6.45, 7) is 10.3. The minimum Gasteiger partial charge on any atom is -0.313 e. The maximum Gasteiger partial charge on any atom is 0.0480 e. The Morgan fingerprint density at radius 3 is 2.53 bits per heavy atom. The highest BCUT2D eigenvalue weighted by atomic mass is 35.5. The first kappa shape index (κ1) is 14.5. The quantitative estimate of drug-likeness (QED) is 0.815. The van der Waals surface area contributed by atoms with Crippen LogP contribution in [0.5, 0.6) is 0 Å². The first-order valence-electron chi connectivity index (χ1n) is 6.21. The van der Waals surface area contributed by atoms with Crippen LogP contribution in [0.2, 0.25) is 5.02 Å². The molecule has 0 bridgehead atoms. The van der Waals surface area contributed by atoms with Gasteiger partial charge < -0.3 is 10.6 Å². The highest BCUT2D eigenvalue weighted by Crippen LogP contribution is 2.19. The van der Waals surface area contributed by atoms with E-state index in [9.17, 15) is 0 Å². The molecule has 3 heteroatoms. The zero-order valence-corrected chi connectivity index (χ0v) is 11.9. The molecule has 0 fully saturated rings. The molecule has 0 radical (unpaired) electrons. The van der Waals surface area contributed by atoms with Gasteiger partial charge in [-0.25, -0.2) is 0 Å². The number of halogens is 1. The predicted molar refractivity (Wildman–Crippen MR) is 75.6 cm³/mol. The van der Waals surface area contributed by atoms with Gasteiger partial charge in [-0.3, -0.25) is 0 Å². The van der Waals surface area contributed by atoms with Crippen LogP contribution in [0.3, 0.4) is 0 Å². The average molecular weight is 255 g/mol. The van der Waals surface area contributed by atoms with Crippen LogP contribution in [0.4, 0.5) is 0 Å². The number of nitrogens with one attached hydrogen (secondary N) is 2. The maximum atomic E-state index is 6.25. The fourth-order valence-corrected chi connectivity index (χ4v) is 1.81. The molecule has 96 valence electrons. The summed E-state index contributed by atoms with van der Waals surface area (Å²) in [7, 11) is 0. The van der Waals surface area contributed by atoms with Crippen LogP contribution in [0, 0.1) is 6.92 Å². The number of hydrogen-bond acceptors (Lipinski definition) is 2. The lowest BCUT2D eigenvalue weighted by molar-refractivity contribution is 0.474.